The Morgan fingerprint density at radius 3 is 1.90 bits per heavy atom. The van der Waals surface area contributed by atoms with Crippen LogP contribution in [-0.2, 0) is 4.75 Å². The van der Waals surface area contributed by atoms with Gasteiger partial charge in [0.1, 0.15) is 16.2 Å². The molecule has 1 N–H and O–H groups in total. The van der Waals surface area contributed by atoms with Gasteiger partial charge in [-0.2, -0.15) is 0 Å². The molecule has 0 fully saturated rings. The molecule has 0 radical (unpaired) electrons. The number of ether oxygens (including phenoxy) is 1. The second-order valence-electron chi connectivity index (χ2n) is 14.0. The summed E-state index contributed by atoms with van der Waals surface area (Å²) in [4.78, 5) is 26.6. The van der Waals surface area contributed by atoms with Gasteiger partial charge in [0, 0.05) is 85.4 Å². The molecular formula is C43H40N4O2S. The van der Waals surface area contributed by atoms with Gasteiger partial charge in [0.05, 0.1) is 11.4 Å². The molecule has 0 unspecified atom stereocenters. The van der Waals surface area contributed by atoms with Crippen LogP contribution in [0.4, 0.5) is 11.4 Å². The Labute approximate surface area is 298 Å². The Morgan fingerprint density at radius 2 is 1.36 bits per heavy atom. The molecule has 1 spiro atoms. The normalized spacial score (nSPS) is 16.4. The number of hydrogen-bond donors (Lipinski definition) is 1. The maximum atomic E-state index is 13.9. The number of fused-ring (bicyclic) bond motifs is 6. The Kier molecular flexibility index (Phi) is 7.46. The molecule has 3 aliphatic heterocycles. The largest absolute Gasteiger partial charge is 0.456 e. The van der Waals surface area contributed by atoms with E-state index in [0.29, 0.717) is 0 Å². The zero-order valence-electron chi connectivity index (χ0n) is 29.7. The number of anilines is 2. The number of aryl methyl sites for hydroxylation is 2. The highest BCUT2D eigenvalue weighted by Crippen LogP contribution is 2.63. The lowest BCUT2D eigenvalue weighted by atomic mass is 9.79. The van der Waals surface area contributed by atoms with Crippen LogP contribution in [0, 0.1) is 13.8 Å². The molecule has 1 aromatic heterocycles. The van der Waals surface area contributed by atoms with Crippen LogP contribution in [0.5, 0.6) is 11.5 Å². The molecule has 5 aromatic rings. The van der Waals surface area contributed by atoms with Crippen LogP contribution >= 0.6 is 11.8 Å². The van der Waals surface area contributed by atoms with E-state index in [1.807, 2.05) is 41.2 Å². The first-order chi connectivity index (χ1) is 23.9. The summed E-state index contributed by atoms with van der Waals surface area (Å²) >= 11 is 1.38. The number of H-pyrrole nitrogens is 1. The minimum Gasteiger partial charge on any atom is -0.456 e. The number of benzene rings is 4. The van der Waals surface area contributed by atoms with Crippen molar-refractivity contribution in [3.05, 3.63) is 147 Å². The number of rotatable bonds is 5. The summed E-state index contributed by atoms with van der Waals surface area (Å²) < 4.78 is 5.90. The number of hydrogen-bond acceptors (Lipinski definition) is 6. The first-order valence-electron chi connectivity index (χ1n) is 16.9. The summed E-state index contributed by atoms with van der Waals surface area (Å²) in [6, 6.07) is 29.9. The number of aromatic nitrogens is 1. The number of aliphatic imine (C=N–C) groups is 1. The van der Waals surface area contributed by atoms with Crippen molar-refractivity contribution in [1.82, 2.24) is 4.98 Å². The van der Waals surface area contributed by atoms with Crippen molar-refractivity contribution in [1.29, 1.82) is 0 Å². The van der Waals surface area contributed by atoms with Gasteiger partial charge in [0.25, 0.3) is 0 Å². The molecule has 4 aromatic carbocycles. The molecule has 50 heavy (non-hydrogen) atoms. The summed E-state index contributed by atoms with van der Waals surface area (Å²) in [5.74, 6) is 1.54. The zero-order valence-corrected chi connectivity index (χ0v) is 30.5. The van der Waals surface area contributed by atoms with E-state index < -0.39 is 4.75 Å². The van der Waals surface area contributed by atoms with Gasteiger partial charge in [-0.3, -0.25) is 9.79 Å². The fraction of sp³-hybridized carbons (Fsp3) is 0.209. The zero-order chi connectivity index (χ0) is 35.1. The number of nitrogens with one attached hydrogen (secondary N) is 1. The van der Waals surface area contributed by atoms with Crippen molar-refractivity contribution in [2.75, 3.05) is 38.0 Å². The Hall–Kier alpha value is -5.27. The fourth-order valence-electron chi connectivity index (χ4n) is 7.58. The third kappa shape index (κ3) is 4.94. The third-order valence-corrected chi connectivity index (χ3v) is 11.4. The van der Waals surface area contributed by atoms with E-state index in [1.165, 1.54) is 17.3 Å². The number of thioether (sulfide) groups is 1. The van der Waals surface area contributed by atoms with E-state index in [2.05, 4.69) is 120 Å². The standard InChI is InChI=1S/C43H40N4O2S/c1-24-19-26(3)44-40(24)39(41-25(2)20-27(4)45-41)29-11-9-28(10-12-29)30-13-16-33-36(21-30)43(50-42(33)48)34-17-14-31(46(5)6)22-37(34)49-38-23-32(47(7)8)15-18-35(38)43/h9-23,44H,1-8H3/b41-39-. The van der Waals surface area contributed by atoms with E-state index in [1.54, 1.807) is 0 Å². The van der Waals surface area contributed by atoms with E-state index >= 15 is 0 Å². The highest BCUT2D eigenvalue weighted by molar-refractivity contribution is 8.15. The van der Waals surface area contributed by atoms with Gasteiger partial charge >= 0.3 is 0 Å². The van der Waals surface area contributed by atoms with Crippen molar-refractivity contribution >= 4 is 39.5 Å². The molecule has 0 bridgehead atoms. The highest BCUT2D eigenvalue weighted by Gasteiger charge is 2.52. The Bertz CT molecular complexity index is 2280. The second-order valence-corrected chi connectivity index (χ2v) is 15.2. The van der Waals surface area contributed by atoms with Crippen LogP contribution in [-0.4, -0.2) is 44.0 Å². The predicted molar refractivity (Wildman–Crippen MR) is 208 cm³/mol. The van der Waals surface area contributed by atoms with Gasteiger partial charge in [0.15, 0.2) is 0 Å². The minimum absolute atomic E-state index is 0.0674. The van der Waals surface area contributed by atoms with Crippen LogP contribution in [0.15, 0.2) is 107 Å². The van der Waals surface area contributed by atoms with Gasteiger partial charge in [-0.25, -0.2) is 0 Å². The van der Waals surface area contributed by atoms with Gasteiger partial charge in [0.2, 0.25) is 5.12 Å². The maximum Gasteiger partial charge on any atom is 0.221 e. The number of carbonyl (C=O) groups excluding carboxylic acids is 1. The van der Waals surface area contributed by atoms with Crippen LogP contribution in [0.25, 0.3) is 16.7 Å². The molecule has 0 saturated carbocycles. The van der Waals surface area contributed by atoms with Crippen LogP contribution < -0.4 is 14.5 Å². The molecule has 0 saturated heterocycles. The van der Waals surface area contributed by atoms with Crippen molar-refractivity contribution in [2.24, 2.45) is 4.99 Å². The van der Waals surface area contributed by atoms with Crippen molar-refractivity contribution in [3.8, 4) is 22.6 Å². The molecule has 3 aliphatic rings. The third-order valence-electron chi connectivity index (χ3n) is 10.0. The van der Waals surface area contributed by atoms with Crippen LogP contribution in [0.2, 0.25) is 0 Å². The number of nitrogens with zero attached hydrogens (tertiary/aromatic N) is 3. The molecule has 8 rings (SSSR count). The number of aromatic amines is 1. The van der Waals surface area contributed by atoms with E-state index in [4.69, 9.17) is 9.73 Å². The molecule has 0 aliphatic carbocycles. The molecule has 7 heteroatoms. The minimum atomic E-state index is -0.746. The summed E-state index contributed by atoms with van der Waals surface area (Å²) in [6.45, 7) is 8.41. The topological polar surface area (TPSA) is 60.9 Å². The van der Waals surface area contributed by atoms with Gasteiger partial charge in [-0.15, -0.1) is 0 Å². The average molecular weight is 677 g/mol. The molecule has 250 valence electrons. The summed E-state index contributed by atoms with van der Waals surface area (Å²) in [5.41, 5.74) is 16.7. The van der Waals surface area contributed by atoms with Crippen molar-refractivity contribution < 1.29 is 9.53 Å². The van der Waals surface area contributed by atoms with Crippen LogP contribution in [0.1, 0.15) is 63.4 Å². The van der Waals surface area contributed by atoms with E-state index in [9.17, 15) is 4.79 Å². The summed E-state index contributed by atoms with van der Waals surface area (Å²) in [7, 11) is 8.11. The second kappa shape index (κ2) is 11.7. The van der Waals surface area contributed by atoms with Gasteiger partial charge < -0.3 is 19.5 Å². The monoisotopic (exact) mass is 676 g/mol. The average Bonchev–Trinajstić information content (AvgIpc) is 3.71. The smallest absolute Gasteiger partial charge is 0.221 e. The first-order valence-corrected chi connectivity index (χ1v) is 17.7. The summed E-state index contributed by atoms with van der Waals surface area (Å²) in [5, 5.41) is 0.0674. The highest BCUT2D eigenvalue weighted by atomic mass is 32.2. The lowest BCUT2D eigenvalue weighted by Crippen LogP contribution is -2.28. The quantitative estimate of drug-likeness (QED) is 0.201. The van der Waals surface area contributed by atoms with Gasteiger partial charge in [-0.1, -0.05) is 54.2 Å². The van der Waals surface area contributed by atoms with Crippen LogP contribution in [0.3, 0.4) is 0 Å². The predicted octanol–water partition coefficient (Wildman–Crippen LogP) is 9.90. The molecular weight excluding hydrogens is 637 g/mol. The first kappa shape index (κ1) is 32.0. The van der Waals surface area contributed by atoms with Crippen molar-refractivity contribution in [2.45, 2.75) is 32.4 Å². The summed E-state index contributed by atoms with van der Waals surface area (Å²) in [6.07, 6.45) is 2.14. The Morgan fingerprint density at radius 1 is 0.740 bits per heavy atom. The van der Waals surface area contributed by atoms with Crippen molar-refractivity contribution in [3.63, 3.8) is 0 Å². The maximum absolute atomic E-state index is 13.9. The lowest BCUT2D eigenvalue weighted by Gasteiger charge is -2.38. The number of carbonyl (C=O) groups is 1. The molecule has 0 amide bonds. The molecule has 6 nitrogen and oxygen atoms in total. The lowest BCUT2D eigenvalue weighted by molar-refractivity contribution is 0.109. The molecule has 4 heterocycles. The van der Waals surface area contributed by atoms with Gasteiger partial charge in [-0.05, 0) is 97.5 Å². The van der Waals surface area contributed by atoms with E-state index in [0.717, 1.165) is 95.8 Å². The van der Waals surface area contributed by atoms with E-state index in [-0.39, 0.29) is 5.12 Å². The molecule has 0 atom stereocenters. The SMILES string of the molecule is CC1=CC(C)=N/C1=C(/c1ccc(-c2ccc3c(c2)C2(SC3=O)c3ccc(N(C)C)cc3Oc3cc(N(C)C)ccc32)cc1)c1[nH]c(C)cc1C. The Balaban J connectivity index is 1.28. The fourth-order valence-corrected chi connectivity index (χ4v) is 8.99. The number of allylic oxidation sites excluding steroid dienone is 2.